The molecule has 0 bridgehead atoms. The van der Waals surface area contributed by atoms with Gasteiger partial charge in [-0.15, -0.1) is 15.3 Å². The van der Waals surface area contributed by atoms with Crippen LogP contribution in [0, 0.1) is 6.92 Å². The van der Waals surface area contributed by atoms with Crippen LogP contribution in [-0.4, -0.2) is 25.2 Å². The maximum Gasteiger partial charge on any atom is 0.237 e. The summed E-state index contributed by atoms with van der Waals surface area (Å²) >= 11 is 0. The molecule has 2 aromatic rings. The summed E-state index contributed by atoms with van der Waals surface area (Å²) in [6, 6.07) is 0. The Kier molecular flexibility index (Phi) is 1.69. The van der Waals surface area contributed by atoms with Crippen molar-refractivity contribution in [1.29, 1.82) is 0 Å². The molecule has 0 amide bonds. The van der Waals surface area contributed by atoms with Crippen LogP contribution in [0.4, 0.5) is 5.82 Å². The lowest BCUT2D eigenvalue weighted by atomic mass is 10.6. The van der Waals surface area contributed by atoms with E-state index in [0.29, 0.717) is 24.1 Å². The Morgan fingerprint density at radius 2 is 2.31 bits per heavy atom. The second-order valence-electron chi connectivity index (χ2n) is 2.56. The summed E-state index contributed by atoms with van der Waals surface area (Å²) in [6.07, 6.45) is 1.60. The number of nitrogens with two attached hydrogens (primary N) is 1. The number of hydrogen-bond donors (Lipinski definition) is 1. The van der Waals surface area contributed by atoms with Gasteiger partial charge in [0.1, 0.15) is 6.54 Å². The van der Waals surface area contributed by atoms with E-state index < -0.39 is 0 Å². The second kappa shape index (κ2) is 2.85. The fraction of sp³-hybridized carbons (Fsp3) is 0.333. The molecule has 0 aliphatic heterocycles. The second-order valence-corrected chi connectivity index (χ2v) is 2.56. The molecule has 0 fully saturated rings. The predicted molar refractivity (Wildman–Crippen MR) is 42.6 cm³/mol. The van der Waals surface area contributed by atoms with Crippen molar-refractivity contribution in [3.63, 3.8) is 0 Å². The van der Waals surface area contributed by atoms with Crippen molar-refractivity contribution >= 4 is 5.82 Å². The van der Waals surface area contributed by atoms with Gasteiger partial charge in [0.2, 0.25) is 11.8 Å². The smallest absolute Gasteiger partial charge is 0.237 e. The molecule has 0 atom stereocenters. The number of nitrogen functional groups attached to an aromatic ring is 1. The number of hydrogen-bond acceptors (Lipinski definition) is 6. The van der Waals surface area contributed by atoms with E-state index in [-0.39, 0.29) is 0 Å². The molecule has 0 radical (unpaired) electrons. The monoisotopic (exact) mass is 180 g/mol. The van der Waals surface area contributed by atoms with Gasteiger partial charge >= 0.3 is 0 Å². The van der Waals surface area contributed by atoms with E-state index in [9.17, 15) is 0 Å². The van der Waals surface area contributed by atoms with Crippen LogP contribution < -0.4 is 5.73 Å². The average molecular weight is 180 g/mol. The van der Waals surface area contributed by atoms with Crippen molar-refractivity contribution in [3.8, 4) is 0 Å². The van der Waals surface area contributed by atoms with Crippen LogP contribution in [0.1, 0.15) is 11.8 Å². The lowest BCUT2D eigenvalue weighted by molar-refractivity contribution is 0.441. The van der Waals surface area contributed by atoms with Gasteiger partial charge in [0.05, 0.1) is 6.20 Å². The molecule has 0 unspecified atom stereocenters. The van der Waals surface area contributed by atoms with E-state index in [1.54, 1.807) is 13.1 Å². The third-order valence-electron chi connectivity index (χ3n) is 1.42. The van der Waals surface area contributed by atoms with Crippen molar-refractivity contribution in [1.82, 2.24) is 25.2 Å². The summed E-state index contributed by atoms with van der Waals surface area (Å²) in [5, 5.41) is 14.8. The van der Waals surface area contributed by atoms with E-state index in [1.807, 2.05) is 0 Å². The Labute approximate surface area is 73.6 Å². The number of aromatic nitrogens is 5. The van der Waals surface area contributed by atoms with Crippen molar-refractivity contribution in [3.05, 3.63) is 18.0 Å². The molecule has 0 aromatic carbocycles. The van der Waals surface area contributed by atoms with Crippen LogP contribution in [0.25, 0.3) is 0 Å². The number of nitrogens with zero attached hydrogens (tertiary/aromatic N) is 5. The Balaban J connectivity index is 2.14. The van der Waals surface area contributed by atoms with Crippen LogP contribution in [0.15, 0.2) is 10.6 Å². The first-order valence-electron chi connectivity index (χ1n) is 3.68. The maximum absolute atomic E-state index is 5.38. The lowest BCUT2D eigenvalue weighted by Gasteiger charge is -1.91. The zero-order valence-electron chi connectivity index (χ0n) is 7.01. The van der Waals surface area contributed by atoms with Gasteiger partial charge in [-0.05, 0) is 0 Å². The quantitative estimate of drug-likeness (QED) is 0.675. The zero-order chi connectivity index (χ0) is 9.26. The normalized spacial score (nSPS) is 10.5. The van der Waals surface area contributed by atoms with Crippen LogP contribution in [0.5, 0.6) is 0 Å². The standard InChI is InChI=1S/C6H8N6O/c1-4-8-10-6(13-4)3-12-2-5(7)9-11-12/h2H,3,7H2,1H3. The third-order valence-corrected chi connectivity index (χ3v) is 1.42. The SMILES string of the molecule is Cc1nnc(Cn2cc(N)nn2)o1. The van der Waals surface area contributed by atoms with E-state index in [2.05, 4.69) is 20.5 Å². The minimum atomic E-state index is 0.372. The molecule has 7 heteroatoms. The zero-order valence-corrected chi connectivity index (χ0v) is 7.01. The first-order valence-corrected chi connectivity index (χ1v) is 3.68. The Hall–Kier alpha value is -1.92. The minimum Gasteiger partial charge on any atom is -0.424 e. The molecule has 0 spiro atoms. The molecule has 13 heavy (non-hydrogen) atoms. The van der Waals surface area contributed by atoms with E-state index in [1.165, 1.54) is 4.68 Å². The number of rotatable bonds is 2. The molecule has 2 heterocycles. The molecule has 0 aliphatic carbocycles. The van der Waals surface area contributed by atoms with E-state index in [0.717, 1.165) is 0 Å². The summed E-state index contributed by atoms with van der Waals surface area (Å²) < 4.78 is 6.68. The van der Waals surface area contributed by atoms with Crippen molar-refractivity contribution in [2.24, 2.45) is 0 Å². The first-order chi connectivity index (χ1) is 6.24. The van der Waals surface area contributed by atoms with Gasteiger partial charge in [0.15, 0.2) is 5.82 Å². The molecule has 0 saturated heterocycles. The van der Waals surface area contributed by atoms with Crippen molar-refractivity contribution in [2.75, 3.05) is 5.73 Å². The van der Waals surface area contributed by atoms with Crippen LogP contribution in [0.3, 0.4) is 0 Å². The van der Waals surface area contributed by atoms with E-state index >= 15 is 0 Å². The fourth-order valence-corrected chi connectivity index (χ4v) is 0.931. The maximum atomic E-state index is 5.38. The van der Waals surface area contributed by atoms with Crippen molar-refractivity contribution < 1.29 is 4.42 Å². The van der Waals surface area contributed by atoms with E-state index in [4.69, 9.17) is 10.2 Å². The highest BCUT2D eigenvalue weighted by Gasteiger charge is 2.04. The van der Waals surface area contributed by atoms with Gasteiger partial charge in [-0.1, -0.05) is 5.21 Å². The molecule has 2 aromatic heterocycles. The van der Waals surface area contributed by atoms with Gasteiger partial charge < -0.3 is 10.2 Å². The molecular weight excluding hydrogens is 172 g/mol. The molecule has 0 aliphatic rings. The summed E-state index contributed by atoms with van der Waals surface area (Å²) in [6.45, 7) is 2.12. The van der Waals surface area contributed by atoms with Gasteiger partial charge in [-0.2, -0.15) is 0 Å². The Morgan fingerprint density at radius 3 is 2.85 bits per heavy atom. The highest BCUT2D eigenvalue weighted by Crippen LogP contribution is 2.01. The van der Waals surface area contributed by atoms with Gasteiger partial charge in [0, 0.05) is 6.92 Å². The number of anilines is 1. The molecule has 68 valence electrons. The average Bonchev–Trinajstić information content (AvgIpc) is 2.62. The van der Waals surface area contributed by atoms with Crippen LogP contribution in [0.2, 0.25) is 0 Å². The molecule has 2 N–H and O–H groups in total. The molecule has 2 rings (SSSR count). The first kappa shape index (κ1) is 7.71. The van der Waals surface area contributed by atoms with Gasteiger partial charge in [-0.3, -0.25) is 0 Å². The van der Waals surface area contributed by atoms with Crippen molar-refractivity contribution in [2.45, 2.75) is 13.5 Å². The predicted octanol–water partition coefficient (Wildman–Crippen LogP) is -0.400. The Morgan fingerprint density at radius 1 is 1.46 bits per heavy atom. The molecule has 7 nitrogen and oxygen atoms in total. The third kappa shape index (κ3) is 1.63. The topological polar surface area (TPSA) is 95.7 Å². The Bertz CT molecular complexity index is 366. The fourth-order valence-electron chi connectivity index (χ4n) is 0.931. The lowest BCUT2D eigenvalue weighted by Crippen LogP contribution is -2.00. The largest absolute Gasteiger partial charge is 0.424 e. The van der Waals surface area contributed by atoms with Crippen LogP contribution >= 0.6 is 0 Å². The summed E-state index contributed by atoms with van der Waals surface area (Å²) in [5.41, 5.74) is 5.38. The molecular formula is C6H8N6O. The summed E-state index contributed by atoms with van der Waals surface area (Å²) in [7, 11) is 0. The highest BCUT2D eigenvalue weighted by molar-refractivity contribution is 5.19. The minimum absolute atomic E-state index is 0.372. The molecule has 0 saturated carbocycles. The summed E-state index contributed by atoms with van der Waals surface area (Å²) in [5.74, 6) is 1.39. The number of aryl methyl sites for hydroxylation is 1. The van der Waals surface area contributed by atoms with Crippen LogP contribution in [-0.2, 0) is 6.54 Å². The van der Waals surface area contributed by atoms with Gasteiger partial charge in [-0.25, -0.2) is 4.68 Å². The highest BCUT2D eigenvalue weighted by atomic mass is 16.4. The van der Waals surface area contributed by atoms with Gasteiger partial charge in [0.25, 0.3) is 0 Å². The summed E-state index contributed by atoms with van der Waals surface area (Å²) in [4.78, 5) is 0.